The van der Waals surface area contributed by atoms with Crippen LogP contribution in [0.15, 0.2) is 41.6 Å². The zero-order valence-electron chi connectivity index (χ0n) is 17.4. The van der Waals surface area contributed by atoms with Gasteiger partial charge in [-0.05, 0) is 29.5 Å². The third kappa shape index (κ3) is 3.72. The summed E-state index contributed by atoms with van der Waals surface area (Å²) in [7, 11) is 3.19. The Morgan fingerprint density at radius 2 is 1.67 bits per heavy atom. The highest BCUT2D eigenvalue weighted by Gasteiger charge is 2.39. The summed E-state index contributed by atoms with van der Waals surface area (Å²) in [6.07, 6.45) is 1.21. The lowest BCUT2D eigenvalue weighted by molar-refractivity contribution is -0.118. The van der Waals surface area contributed by atoms with Crippen molar-refractivity contribution in [2.24, 2.45) is 5.41 Å². The predicted octanol–water partition coefficient (Wildman–Crippen LogP) is 6.23. The number of Topliss-reactive ketones (excluding diaryl/α,β-unsaturated/α-hetero) is 1. The number of anilines is 2. The van der Waals surface area contributed by atoms with E-state index in [-0.39, 0.29) is 11.2 Å². The minimum Gasteiger partial charge on any atom is -0.493 e. The van der Waals surface area contributed by atoms with Crippen molar-refractivity contribution in [1.82, 2.24) is 0 Å². The van der Waals surface area contributed by atoms with Crippen molar-refractivity contribution in [3.63, 3.8) is 0 Å². The molecule has 4 rings (SSSR count). The summed E-state index contributed by atoms with van der Waals surface area (Å²) in [5.41, 5.74) is 3.87. The molecule has 5 nitrogen and oxygen atoms in total. The highest BCUT2D eigenvalue weighted by Crippen LogP contribution is 2.48. The number of ketones is 1. The van der Waals surface area contributed by atoms with Gasteiger partial charge < -0.3 is 20.1 Å². The third-order valence-corrected chi connectivity index (χ3v) is 6.15. The molecule has 7 heteroatoms. The molecule has 0 saturated carbocycles. The summed E-state index contributed by atoms with van der Waals surface area (Å²) in [5, 5.41) is 8.07. The molecular weight excluding hydrogens is 423 g/mol. The van der Waals surface area contributed by atoms with Gasteiger partial charge in [0.15, 0.2) is 17.3 Å². The Labute approximate surface area is 186 Å². The topological polar surface area (TPSA) is 59.6 Å². The summed E-state index contributed by atoms with van der Waals surface area (Å²) >= 11 is 12.7. The van der Waals surface area contributed by atoms with Crippen molar-refractivity contribution in [3.8, 4) is 11.5 Å². The van der Waals surface area contributed by atoms with Crippen LogP contribution in [0.4, 0.5) is 11.4 Å². The van der Waals surface area contributed by atoms with Gasteiger partial charge in [0.25, 0.3) is 0 Å². The van der Waals surface area contributed by atoms with Gasteiger partial charge in [-0.15, -0.1) is 0 Å². The molecule has 0 amide bonds. The zero-order valence-corrected chi connectivity index (χ0v) is 18.9. The van der Waals surface area contributed by atoms with Gasteiger partial charge in [-0.25, -0.2) is 0 Å². The molecule has 0 spiro atoms. The number of fused-ring (bicyclic) bond motifs is 1. The lowest BCUT2D eigenvalue weighted by Crippen LogP contribution is -2.31. The van der Waals surface area contributed by atoms with Gasteiger partial charge in [0.1, 0.15) is 0 Å². The fourth-order valence-corrected chi connectivity index (χ4v) is 4.76. The molecule has 0 aromatic heterocycles. The molecule has 1 atom stereocenters. The monoisotopic (exact) mass is 446 g/mol. The van der Waals surface area contributed by atoms with Crippen molar-refractivity contribution in [1.29, 1.82) is 0 Å². The molecule has 1 aliphatic heterocycles. The number of halogens is 2. The summed E-state index contributed by atoms with van der Waals surface area (Å²) in [6, 6.07) is 8.68. The number of hydrogen-bond acceptors (Lipinski definition) is 5. The van der Waals surface area contributed by atoms with Crippen molar-refractivity contribution < 1.29 is 14.3 Å². The van der Waals surface area contributed by atoms with E-state index in [0.29, 0.717) is 33.5 Å². The Kier molecular flexibility index (Phi) is 5.37. The van der Waals surface area contributed by atoms with Crippen LogP contribution in [0.2, 0.25) is 10.0 Å². The number of methoxy groups -OCH3 is 2. The van der Waals surface area contributed by atoms with Crippen LogP contribution in [-0.2, 0) is 4.79 Å². The average molecular weight is 447 g/mol. The van der Waals surface area contributed by atoms with Gasteiger partial charge in [-0.3, -0.25) is 4.79 Å². The van der Waals surface area contributed by atoms with Crippen LogP contribution in [0, 0.1) is 5.41 Å². The van der Waals surface area contributed by atoms with Crippen LogP contribution in [-0.4, -0.2) is 20.0 Å². The molecule has 2 aromatic rings. The van der Waals surface area contributed by atoms with E-state index in [1.54, 1.807) is 26.4 Å². The molecular formula is C23H24Cl2N2O3. The van der Waals surface area contributed by atoms with Gasteiger partial charge in [-0.2, -0.15) is 0 Å². The Bertz CT molecular complexity index is 1060. The van der Waals surface area contributed by atoms with E-state index in [4.69, 9.17) is 32.7 Å². The van der Waals surface area contributed by atoms with Crippen molar-refractivity contribution in [2.45, 2.75) is 32.7 Å². The van der Waals surface area contributed by atoms with Gasteiger partial charge >= 0.3 is 0 Å². The summed E-state index contributed by atoms with van der Waals surface area (Å²) < 4.78 is 11.0. The first-order chi connectivity index (χ1) is 14.2. The van der Waals surface area contributed by atoms with E-state index < -0.39 is 6.04 Å². The Balaban J connectivity index is 1.92. The minimum atomic E-state index is -0.416. The first-order valence-electron chi connectivity index (χ1n) is 9.73. The zero-order chi connectivity index (χ0) is 21.6. The quantitative estimate of drug-likeness (QED) is 0.584. The number of nitrogens with one attached hydrogen (secondary N) is 2. The van der Waals surface area contributed by atoms with Crippen LogP contribution in [0.1, 0.15) is 38.3 Å². The minimum absolute atomic E-state index is 0.101. The van der Waals surface area contributed by atoms with E-state index in [9.17, 15) is 4.79 Å². The fraction of sp³-hybridized carbons (Fsp3) is 0.348. The number of allylic oxidation sites excluding steroid dienone is 1. The smallest absolute Gasteiger partial charge is 0.163 e. The van der Waals surface area contributed by atoms with E-state index >= 15 is 0 Å². The van der Waals surface area contributed by atoms with Crippen LogP contribution in [0.25, 0.3) is 0 Å². The van der Waals surface area contributed by atoms with Crippen LogP contribution < -0.4 is 20.1 Å². The van der Waals surface area contributed by atoms with E-state index in [2.05, 4.69) is 24.5 Å². The molecule has 0 fully saturated rings. The van der Waals surface area contributed by atoms with Gasteiger partial charge in [-0.1, -0.05) is 43.1 Å². The molecule has 30 heavy (non-hydrogen) atoms. The first-order valence-corrected chi connectivity index (χ1v) is 10.5. The second-order valence-corrected chi connectivity index (χ2v) is 9.30. The van der Waals surface area contributed by atoms with Gasteiger partial charge in [0.05, 0.1) is 31.6 Å². The second kappa shape index (κ2) is 7.71. The van der Waals surface area contributed by atoms with E-state index in [0.717, 1.165) is 29.1 Å². The van der Waals surface area contributed by atoms with Crippen molar-refractivity contribution in [3.05, 3.63) is 57.2 Å². The summed E-state index contributed by atoms with van der Waals surface area (Å²) in [4.78, 5) is 13.3. The molecule has 0 saturated heterocycles. The van der Waals surface area contributed by atoms with Crippen molar-refractivity contribution >= 4 is 40.4 Å². The van der Waals surface area contributed by atoms with Gasteiger partial charge in [0.2, 0.25) is 0 Å². The number of ether oxygens (including phenoxy) is 2. The Morgan fingerprint density at radius 1 is 1.00 bits per heavy atom. The van der Waals surface area contributed by atoms with Crippen molar-refractivity contribution in [2.75, 3.05) is 24.9 Å². The van der Waals surface area contributed by atoms with Gasteiger partial charge in [0, 0.05) is 39.9 Å². The Morgan fingerprint density at radius 3 is 2.30 bits per heavy atom. The number of rotatable bonds is 3. The standard InChI is InChI=1S/C23H24Cl2N2O3/c1-23(2)10-17-21(18(28)11-23)22(13-6-5-12(24)7-14(13)25)27-16-9-20(30-4)19(29-3)8-15(16)26-17/h5-9,22,26-27H,10-11H2,1-4H3. The molecule has 0 radical (unpaired) electrons. The molecule has 1 unspecified atom stereocenters. The molecule has 2 aliphatic rings. The summed E-state index contributed by atoms with van der Waals surface area (Å²) in [6.45, 7) is 4.21. The third-order valence-electron chi connectivity index (χ3n) is 5.59. The summed E-state index contributed by atoms with van der Waals surface area (Å²) in [5.74, 6) is 1.30. The highest BCUT2D eigenvalue weighted by atomic mass is 35.5. The molecule has 2 N–H and O–H groups in total. The number of carbonyl (C=O) groups excluding carboxylic acids is 1. The molecule has 1 heterocycles. The van der Waals surface area contributed by atoms with E-state index in [1.807, 2.05) is 18.2 Å². The second-order valence-electron chi connectivity index (χ2n) is 8.45. The maximum Gasteiger partial charge on any atom is 0.163 e. The lowest BCUT2D eigenvalue weighted by Gasteiger charge is -2.34. The molecule has 158 valence electrons. The predicted molar refractivity (Wildman–Crippen MR) is 121 cm³/mol. The molecule has 0 bridgehead atoms. The molecule has 1 aliphatic carbocycles. The average Bonchev–Trinajstić information content (AvgIpc) is 2.81. The largest absolute Gasteiger partial charge is 0.493 e. The van der Waals surface area contributed by atoms with E-state index in [1.165, 1.54) is 0 Å². The number of hydrogen-bond donors (Lipinski definition) is 2. The fourth-order valence-electron chi connectivity index (χ4n) is 4.24. The number of carbonyl (C=O) groups is 1. The van der Waals surface area contributed by atoms with Crippen LogP contribution >= 0.6 is 23.2 Å². The maximum absolute atomic E-state index is 13.3. The molecule has 2 aromatic carbocycles. The maximum atomic E-state index is 13.3. The normalized spacial score (nSPS) is 19.8. The Hall–Kier alpha value is -2.37. The number of benzene rings is 2. The van der Waals surface area contributed by atoms with Crippen LogP contribution in [0.5, 0.6) is 11.5 Å². The lowest BCUT2D eigenvalue weighted by atomic mass is 9.73. The first kappa shape index (κ1) is 20.9. The highest BCUT2D eigenvalue weighted by molar-refractivity contribution is 6.35. The SMILES string of the molecule is COc1cc2c(cc1OC)NC(c1ccc(Cl)cc1Cl)C1=C(CC(C)(C)CC1=O)N2. The van der Waals surface area contributed by atoms with Crippen LogP contribution in [0.3, 0.4) is 0 Å².